The Labute approximate surface area is 167 Å². The fourth-order valence-electron chi connectivity index (χ4n) is 3.52. The first-order chi connectivity index (χ1) is 11.9. The van der Waals surface area contributed by atoms with E-state index in [4.69, 9.17) is 5.26 Å². The van der Waals surface area contributed by atoms with Gasteiger partial charge in [-0.15, -0.1) is 17.0 Å². The van der Waals surface area contributed by atoms with Gasteiger partial charge in [0.15, 0.2) is 0 Å². The van der Waals surface area contributed by atoms with Crippen LogP contribution in [-0.4, -0.2) is 35.0 Å². The summed E-state index contributed by atoms with van der Waals surface area (Å²) in [6.07, 6.45) is 5.06. The molecule has 3 atom stereocenters. The summed E-state index contributed by atoms with van der Waals surface area (Å²) in [6, 6.07) is 9.36. The van der Waals surface area contributed by atoms with E-state index < -0.39 is 13.5 Å². The van der Waals surface area contributed by atoms with E-state index in [1.54, 1.807) is 12.1 Å². The average molecular weight is 445 g/mol. The highest BCUT2D eigenvalue weighted by Gasteiger charge is 2.28. The molecule has 1 aromatic rings. The van der Waals surface area contributed by atoms with E-state index in [1.165, 1.54) is 6.42 Å². The lowest BCUT2D eigenvalue weighted by atomic mass is 9.91. The van der Waals surface area contributed by atoms with E-state index in [1.807, 2.05) is 19.1 Å². The molecule has 0 aliphatic heterocycles. The normalized spacial score (nSPS) is 19.6. The van der Waals surface area contributed by atoms with E-state index in [0.717, 1.165) is 31.2 Å². The highest BCUT2D eigenvalue weighted by atomic mass is 79.9. The Morgan fingerprint density at radius 1 is 1.27 bits per heavy atom. The van der Waals surface area contributed by atoms with Gasteiger partial charge in [-0.05, 0) is 43.4 Å². The van der Waals surface area contributed by atoms with E-state index in [9.17, 15) is 14.6 Å². The monoisotopic (exact) mass is 444 g/mol. The van der Waals surface area contributed by atoms with Crippen molar-refractivity contribution in [2.45, 2.75) is 51.2 Å². The molecular weight excluding hydrogens is 415 g/mol. The Kier molecular flexibility index (Phi) is 10.1. The molecule has 1 unspecified atom stereocenters. The predicted octanol–water partition coefficient (Wildman–Crippen LogP) is 4.00. The maximum atomic E-state index is 12.4. The van der Waals surface area contributed by atoms with Crippen molar-refractivity contribution in [3.8, 4) is 6.07 Å². The summed E-state index contributed by atoms with van der Waals surface area (Å²) >= 11 is 0. The molecule has 0 radical (unpaired) electrons. The smallest absolute Gasteiger partial charge is 0.203 e. The van der Waals surface area contributed by atoms with Crippen molar-refractivity contribution in [2.75, 3.05) is 18.9 Å². The zero-order valence-electron chi connectivity index (χ0n) is 15.3. The van der Waals surface area contributed by atoms with Crippen molar-refractivity contribution in [1.82, 2.24) is 5.32 Å². The third-order valence-electron chi connectivity index (χ3n) is 4.96. The van der Waals surface area contributed by atoms with Crippen LogP contribution in [0.25, 0.3) is 0 Å². The van der Waals surface area contributed by atoms with Crippen molar-refractivity contribution >= 4 is 24.4 Å². The number of aliphatic hydroxyl groups is 1. The highest BCUT2D eigenvalue weighted by Crippen LogP contribution is 2.45. The first-order valence-electron chi connectivity index (χ1n) is 9.12. The minimum absolute atomic E-state index is 0. The molecule has 0 aromatic heterocycles. The second-order valence-corrected chi connectivity index (χ2v) is 9.66. The molecule has 0 spiro atoms. The molecule has 1 aliphatic rings. The summed E-state index contributed by atoms with van der Waals surface area (Å²) in [6.45, 7) is 2.24. The molecule has 1 fully saturated rings. The summed E-state index contributed by atoms with van der Waals surface area (Å²) in [5.41, 5.74) is 1.63. The third kappa shape index (κ3) is 7.90. The molecule has 1 saturated carbocycles. The minimum Gasteiger partial charge on any atom is -0.391 e. The van der Waals surface area contributed by atoms with Gasteiger partial charge in [0.25, 0.3) is 0 Å². The average Bonchev–Trinajstić information content (AvgIpc) is 2.59. The summed E-state index contributed by atoms with van der Waals surface area (Å²) in [7, 11) is -3.29. The second kappa shape index (κ2) is 11.2. The Morgan fingerprint density at radius 2 is 1.88 bits per heavy atom. The van der Waals surface area contributed by atoms with Gasteiger partial charge in [0.2, 0.25) is 7.37 Å². The molecule has 26 heavy (non-hydrogen) atoms. The predicted molar refractivity (Wildman–Crippen MR) is 110 cm³/mol. The molecule has 7 heteroatoms. The highest BCUT2D eigenvalue weighted by molar-refractivity contribution is 8.93. The van der Waals surface area contributed by atoms with Crippen molar-refractivity contribution in [1.29, 1.82) is 5.26 Å². The molecule has 0 amide bonds. The largest absolute Gasteiger partial charge is 0.391 e. The maximum Gasteiger partial charge on any atom is 0.203 e. The van der Waals surface area contributed by atoms with Crippen LogP contribution in [0.4, 0.5) is 0 Å². The standard InChI is InChI=1S/C19H29N2O3P.BrH/c1-15(18-9-7-16(11-20)8-10-18)21-12-19(22)14-25(23,24)13-17-5-3-2-4-6-17;/h7-10,15,17,19,21-22H,2-6,12-14H2,1H3,(H,23,24);1H/t15-,19+;/m0./s1. The second-order valence-electron chi connectivity index (χ2n) is 7.23. The SMILES string of the molecule is Br.C[C@H](NC[C@@H](O)CP(=O)(O)CC1CCCCC1)c1ccc(C#N)cc1. The van der Waals surface area contributed by atoms with Crippen molar-refractivity contribution in [3.05, 3.63) is 35.4 Å². The molecule has 3 N–H and O–H groups in total. The van der Waals surface area contributed by atoms with Gasteiger partial charge in [0.05, 0.1) is 23.9 Å². The Morgan fingerprint density at radius 3 is 2.46 bits per heavy atom. The zero-order chi connectivity index (χ0) is 18.3. The topological polar surface area (TPSA) is 93.3 Å². The fraction of sp³-hybridized carbons (Fsp3) is 0.632. The number of hydrogen-bond donors (Lipinski definition) is 3. The zero-order valence-corrected chi connectivity index (χ0v) is 17.9. The molecule has 1 aliphatic carbocycles. The van der Waals surface area contributed by atoms with Gasteiger partial charge in [-0.3, -0.25) is 4.57 Å². The van der Waals surface area contributed by atoms with Crippen LogP contribution >= 0.6 is 24.4 Å². The van der Waals surface area contributed by atoms with Crippen LogP contribution in [0.5, 0.6) is 0 Å². The van der Waals surface area contributed by atoms with Crippen LogP contribution in [0.2, 0.25) is 0 Å². The Hall–Kier alpha value is -0.700. The fourth-order valence-corrected chi connectivity index (χ4v) is 5.63. The number of nitriles is 1. The van der Waals surface area contributed by atoms with E-state index in [0.29, 0.717) is 17.6 Å². The van der Waals surface area contributed by atoms with Crippen LogP contribution in [0, 0.1) is 17.2 Å². The van der Waals surface area contributed by atoms with Crippen LogP contribution < -0.4 is 5.32 Å². The molecule has 5 nitrogen and oxygen atoms in total. The molecule has 2 rings (SSSR count). The van der Waals surface area contributed by atoms with Gasteiger partial charge < -0.3 is 15.3 Å². The number of benzene rings is 1. The van der Waals surface area contributed by atoms with Crippen LogP contribution in [0.15, 0.2) is 24.3 Å². The van der Waals surface area contributed by atoms with Gasteiger partial charge in [-0.25, -0.2) is 0 Å². The number of nitrogens with one attached hydrogen (secondary N) is 1. The van der Waals surface area contributed by atoms with Crippen LogP contribution in [0.3, 0.4) is 0 Å². The summed E-state index contributed by atoms with van der Waals surface area (Å²) in [4.78, 5) is 10.2. The van der Waals surface area contributed by atoms with Gasteiger partial charge in [0, 0.05) is 18.7 Å². The first kappa shape index (κ1) is 23.3. The van der Waals surface area contributed by atoms with Gasteiger partial charge in [-0.2, -0.15) is 5.26 Å². The molecular formula is C19H30BrN2O3P. The number of hydrogen-bond acceptors (Lipinski definition) is 4. The molecule has 0 saturated heterocycles. The van der Waals surface area contributed by atoms with Crippen molar-refractivity contribution < 1.29 is 14.6 Å². The van der Waals surface area contributed by atoms with Crippen molar-refractivity contribution in [2.24, 2.45) is 5.92 Å². The lowest BCUT2D eigenvalue weighted by Crippen LogP contribution is -2.32. The molecule has 1 aromatic carbocycles. The Balaban J connectivity index is 0.00000338. The summed E-state index contributed by atoms with van der Waals surface area (Å²) in [5.74, 6) is 0.335. The summed E-state index contributed by atoms with van der Waals surface area (Å²) < 4.78 is 12.4. The lowest BCUT2D eigenvalue weighted by Gasteiger charge is -2.25. The van der Waals surface area contributed by atoms with Gasteiger partial charge >= 0.3 is 0 Å². The first-order valence-corrected chi connectivity index (χ1v) is 11.1. The van der Waals surface area contributed by atoms with Crippen LogP contribution in [-0.2, 0) is 4.57 Å². The van der Waals surface area contributed by atoms with E-state index in [2.05, 4.69) is 11.4 Å². The number of nitrogens with zero attached hydrogens (tertiary/aromatic N) is 1. The molecule has 0 heterocycles. The number of halogens is 1. The van der Waals surface area contributed by atoms with E-state index in [-0.39, 0.29) is 35.7 Å². The number of rotatable bonds is 8. The molecule has 0 bridgehead atoms. The maximum absolute atomic E-state index is 12.4. The third-order valence-corrected chi connectivity index (χ3v) is 7.04. The minimum atomic E-state index is -3.29. The summed E-state index contributed by atoms with van der Waals surface area (Å²) in [5, 5.41) is 22.2. The van der Waals surface area contributed by atoms with Crippen LogP contribution in [0.1, 0.15) is 56.2 Å². The quantitative estimate of drug-likeness (QED) is 0.526. The van der Waals surface area contributed by atoms with E-state index >= 15 is 0 Å². The molecule has 146 valence electrons. The Bertz CT molecular complexity index is 627. The van der Waals surface area contributed by atoms with Gasteiger partial charge in [-0.1, -0.05) is 31.4 Å². The lowest BCUT2D eigenvalue weighted by molar-refractivity contribution is 0.186. The van der Waals surface area contributed by atoms with Crippen molar-refractivity contribution in [3.63, 3.8) is 0 Å². The number of aliphatic hydroxyl groups excluding tert-OH is 1. The van der Waals surface area contributed by atoms with Gasteiger partial charge in [0.1, 0.15) is 0 Å².